The van der Waals surface area contributed by atoms with Crippen LogP contribution in [0.1, 0.15) is 47.0 Å². The highest BCUT2D eigenvalue weighted by molar-refractivity contribution is 7.99. The van der Waals surface area contributed by atoms with E-state index in [1.165, 1.54) is 23.1 Å². The Kier molecular flexibility index (Phi) is 7.55. The third kappa shape index (κ3) is 5.73. The number of ether oxygens (including phenoxy) is 1. The summed E-state index contributed by atoms with van der Waals surface area (Å²) in [6.07, 6.45) is 0.655. The van der Waals surface area contributed by atoms with Gasteiger partial charge in [-0.2, -0.15) is 0 Å². The second kappa shape index (κ2) is 11.3. The third-order valence-electron chi connectivity index (χ3n) is 7.24. The van der Waals surface area contributed by atoms with Crippen LogP contribution < -0.4 is 10.9 Å². The lowest BCUT2D eigenvalue weighted by atomic mass is 9.94. The number of fused-ring (bicyclic) bond motifs is 3. The number of carbonyl (C=O) groups excluding carboxylic acids is 1. The van der Waals surface area contributed by atoms with Crippen LogP contribution in [0.2, 0.25) is 0 Å². The van der Waals surface area contributed by atoms with E-state index in [2.05, 4.69) is 5.32 Å². The summed E-state index contributed by atoms with van der Waals surface area (Å²) < 4.78 is 7.69. The van der Waals surface area contributed by atoms with E-state index in [4.69, 9.17) is 9.72 Å². The molecule has 0 radical (unpaired) electrons. The molecule has 2 aromatic heterocycles. The largest absolute Gasteiger partial charge is 0.370 e. The molecule has 1 amide bonds. The summed E-state index contributed by atoms with van der Waals surface area (Å²) >= 11 is 2.79. The van der Waals surface area contributed by atoms with Gasteiger partial charge in [-0.25, -0.2) is 4.98 Å². The van der Waals surface area contributed by atoms with E-state index in [1.54, 1.807) is 4.57 Å². The normalized spacial score (nSPS) is 14.2. The Morgan fingerprint density at radius 2 is 1.73 bits per heavy atom. The zero-order valence-electron chi connectivity index (χ0n) is 23.2. The number of amides is 1. The molecule has 41 heavy (non-hydrogen) atoms. The van der Waals surface area contributed by atoms with Crippen LogP contribution in [0.25, 0.3) is 15.9 Å². The van der Waals surface area contributed by atoms with Crippen molar-refractivity contribution < 1.29 is 9.53 Å². The molecule has 3 heterocycles. The van der Waals surface area contributed by atoms with Crippen molar-refractivity contribution in [2.45, 2.75) is 50.6 Å². The molecule has 0 aliphatic carbocycles. The predicted octanol–water partition coefficient (Wildman–Crippen LogP) is 6.60. The number of carbonyl (C=O) groups is 1. The first kappa shape index (κ1) is 27.4. The number of hydrogen-bond donors (Lipinski definition) is 1. The van der Waals surface area contributed by atoms with Gasteiger partial charge in [-0.1, -0.05) is 84.6 Å². The predicted molar refractivity (Wildman–Crippen MR) is 166 cm³/mol. The van der Waals surface area contributed by atoms with Crippen LogP contribution in [-0.2, 0) is 22.6 Å². The first-order valence-corrected chi connectivity index (χ1v) is 15.4. The van der Waals surface area contributed by atoms with Gasteiger partial charge in [0.25, 0.3) is 5.56 Å². The molecule has 0 spiro atoms. The number of hydrogen-bond acceptors (Lipinski definition) is 6. The Morgan fingerprint density at radius 3 is 2.39 bits per heavy atom. The zero-order chi connectivity index (χ0) is 28.6. The molecule has 0 saturated heterocycles. The molecule has 8 heteroatoms. The zero-order valence-corrected chi connectivity index (χ0v) is 24.9. The Labute approximate surface area is 247 Å². The maximum Gasteiger partial charge on any atom is 0.267 e. The molecule has 5 aromatic rings. The topological polar surface area (TPSA) is 73.2 Å². The van der Waals surface area contributed by atoms with Crippen LogP contribution in [0, 0.1) is 6.92 Å². The Bertz CT molecular complexity index is 1740. The maximum absolute atomic E-state index is 14.2. The monoisotopic (exact) mass is 581 g/mol. The number of aryl methyl sites for hydroxylation is 1. The maximum atomic E-state index is 14.2. The second-order valence-corrected chi connectivity index (χ2v) is 12.9. The highest BCUT2D eigenvalue weighted by Crippen LogP contribution is 2.38. The summed E-state index contributed by atoms with van der Waals surface area (Å²) in [6, 6.07) is 27.4. The van der Waals surface area contributed by atoms with Crippen molar-refractivity contribution in [1.82, 2.24) is 14.9 Å². The van der Waals surface area contributed by atoms with Gasteiger partial charge < -0.3 is 10.1 Å². The number of aromatic nitrogens is 2. The number of rotatable bonds is 7. The van der Waals surface area contributed by atoms with E-state index >= 15 is 0 Å². The fraction of sp³-hybridized carbons (Fsp3) is 0.242. The Hall–Kier alpha value is -3.72. The SMILES string of the molecule is Cc1cccc(-n2c(SCC(=O)NC(c3ccccc3)c3ccccc3)nc3sc4c(c3c2=O)CC(C)(C)OC4)c1. The molecule has 0 saturated carbocycles. The van der Waals surface area contributed by atoms with Crippen LogP contribution in [-0.4, -0.2) is 26.8 Å². The molecule has 208 valence electrons. The standard InChI is InChI=1S/C33H31N3O3S2/c1-21-11-10-16-24(17-21)36-31(38)28-25-18-33(2,3)39-19-26(25)41-30(28)35-32(36)40-20-27(37)34-29(22-12-6-4-7-13-22)23-14-8-5-9-15-23/h4-17,29H,18-20H2,1-3H3,(H,34,37). The van der Waals surface area contributed by atoms with Crippen molar-refractivity contribution >= 4 is 39.2 Å². The molecule has 0 atom stereocenters. The van der Waals surface area contributed by atoms with E-state index in [0.29, 0.717) is 28.4 Å². The van der Waals surface area contributed by atoms with Crippen LogP contribution in [0.15, 0.2) is 94.9 Å². The second-order valence-electron chi connectivity index (χ2n) is 10.9. The average Bonchev–Trinajstić information content (AvgIpc) is 3.32. The summed E-state index contributed by atoms with van der Waals surface area (Å²) in [7, 11) is 0. The quantitative estimate of drug-likeness (QED) is 0.173. The lowest BCUT2D eigenvalue weighted by Crippen LogP contribution is -2.32. The molecular weight excluding hydrogens is 551 g/mol. The van der Waals surface area contributed by atoms with Gasteiger partial charge in [-0.15, -0.1) is 11.3 Å². The van der Waals surface area contributed by atoms with Gasteiger partial charge in [0, 0.05) is 11.3 Å². The minimum Gasteiger partial charge on any atom is -0.370 e. The van der Waals surface area contributed by atoms with E-state index in [-0.39, 0.29) is 28.9 Å². The molecule has 1 aliphatic heterocycles. The van der Waals surface area contributed by atoms with Gasteiger partial charge >= 0.3 is 0 Å². The van der Waals surface area contributed by atoms with Crippen molar-refractivity contribution in [1.29, 1.82) is 0 Å². The summed E-state index contributed by atoms with van der Waals surface area (Å²) in [5.74, 6) is -0.0280. The highest BCUT2D eigenvalue weighted by atomic mass is 32.2. The number of thioether (sulfide) groups is 1. The van der Waals surface area contributed by atoms with Crippen molar-refractivity contribution in [2.75, 3.05) is 5.75 Å². The van der Waals surface area contributed by atoms with E-state index in [1.807, 2.05) is 106 Å². The van der Waals surface area contributed by atoms with Crippen LogP contribution in [0.3, 0.4) is 0 Å². The van der Waals surface area contributed by atoms with Crippen molar-refractivity contribution in [3.63, 3.8) is 0 Å². The summed E-state index contributed by atoms with van der Waals surface area (Å²) in [5, 5.41) is 4.36. The van der Waals surface area contributed by atoms with Gasteiger partial charge in [0.2, 0.25) is 5.91 Å². The lowest BCUT2D eigenvalue weighted by Gasteiger charge is -2.29. The number of benzene rings is 3. The van der Waals surface area contributed by atoms with Gasteiger partial charge in [0.05, 0.1) is 35.1 Å². The smallest absolute Gasteiger partial charge is 0.267 e. The van der Waals surface area contributed by atoms with E-state index in [0.717, 1.165) is 32.8 Å². The number of nitrogens with one attached hydrogen (secondary N) is 1. The first-order valence-electron chi connectivity index (χ1n) is 13.6. The average molecular weight is 582 g/mol. The summed E-state index contributed by atoms with van der Waals surface area (Å²) in [4.78, 5) is 34.3. The van der Waals surface area contributed by atoms with Gasteiger partial charge in [-0.3, -0.25) is 14.2 Å². The first-order chi connectivity index (χ1) is 19.8. The molecule has 3 aromatic carbocycles. The fourth-order valence-electron chi connectivity index (χ4n) is 5.25. The number of thiophene rings is 1. The van der Waals surface area contributed by atoms with Crippen LogP contribution in [0.5, 0.6) is 0 Å². The van der Waals surface area contributed by atoms with Crippen LogP contribution in [0.4, 0.5) is 0 Å². The summed E-state index contributed by atoms with van der Waals surface area (Å²) in [6.45, 7) is 6.57. The molecule has 1 aliphatic rings. The van der Waals surface area contributed by atoms with Crippen LogP contribution >= 0.6 is 23.1 Å². The fourth-order valence-corrected chi connectivity index (χ4v) is 7.22. The highest BCUT2D eigenvalue weighted by Gasteiger charge is 2.31. The molecule has 1 N–H and O–H groups in total. The summed E-state index contributed by atoms with van der Waals surface area (Å²) in [5.41, 5.74) is 4.36. The van der Waals surface area contributed by atoms with Crippen molar-refractivity contribution in [3.05, 3.63) is 122 Å². The third-order valence-corrected chi connectivity index (χ3v) is 9.28. The van der Waals surface area contributed by atoms with E-state index < -0.39 is 0 Å². The minimum atomic E-state index is -0.346. The van der Waals surface area contributed by atoms with Crippen molar-refractivity contribution in [2.24, 2.45) is 0 Å². The van der Waals surface area contributed by atoms with E-state index in [9.17, 15) is 9.59 Å². The molecule has 0 fully saturated rings. The molecule has 6 nitrogen and oxygen atoms in total. The van der Waals surface area contributed by atoms with Gasteiger partial charge in [-0.05, 0) is 55.2 Å². The molecule has 0 bridgehead atoms. The molecule has 0 unspecified atom stereocenters. The molecular formula is C33H31N3O3S2. The molecule has 6 rings (SSSR count). The van der Waals surface area contributed by atoms with Crippen molar-refractivity contribution in [3.8, 4) is 5.69 Å². The minimum absolute atomic E-state index is 0.106. The Morgan fingerprint density at radius 1 is 1.05 bits per heavy atom. The lowest BCUT2D eigenvalue weighted by molar-refractivity contribution is -0.119. The Balaban J connectivity index is 1.35. The van der Waals surface area contributed by atoms with Gasteiger partial charge in [0.15, 0.2) is 5.16 Å². The number of nitrogens with zero attached hydrogens (tertiary/aromatic N) is 2. The van der Waals surface area contributed by atoms with Gasteiger partial charge in [0.1, 0.15) is 4.83 Å².